The molecule has 1 aliphatic rings. The molecular formula is C23H17F3N2O3S. The lowest BCUT2D eigenvalue weighted by Crippen LogP contribution is -2.35. The maximum Gasteiger partial charge on any atom is 0.432 e. The number of nitrogens with one attached hydrogen (secondary N) is 2. The first-order valence-electron chi connectivity index (χ1n) is 9.58. The van der Waals surface area contributed by atoms with Crippen molar-refractivity contribution in [3.05, 3.63) is 91.9 Å². The van der Waals surface area contributed by atoms with Crippen molar-refractivity contribution in [2.45, 2.75) is 35.9 Å². The highest BCUT2D eigenvalue weighted by Gasteiger charge is 2.36. The van der Waals surface area contributed by atoms with Crippen molar-refractivity contribution in [3.8, 4) is 0 Å². The molecule has 2 N–H and O–H groups in total. The molecule has 1 amide bonds. The van der Waals surface area contributed by atoms with Gasteiger partial charge in [-0.25, -0.2) is 0 Å². The minimum atomic E-state index is -4.93. The van der Waals surface area contributed by atoms with Gasteiger partial charge < -0.3 is 10.3 Å². The number of hydrogen-bond acceptors (Lipinski definition) is 4. The zero-order chi connectivity index (χ0) is 23.2. The van der Waals surface area contributed by atoms with Crippen LogP contribution in [-0.2, 0) is 6.18 Å². The Balaban J connectivity index is 1.78. The largest absolute Gasteiger partial charge is 0.432 e. The predicted molar refractivity (Wildman–Crippen MR) is 113 cm³/mol. The SMILES string of the molecule is Cc1ccc2c(c1)Sc1cc(C)ccc1C2NC(=O)c1cc(C=O)c(C(F)(F)F)[nH]c1=O. The lowest BCUT2D eigenvalue weighted by atomic mass is 9.95. The average molecular weight is 458 g/mol. The molecule has 2 heterocycles. The molecule has 5 nitrogen and oxygen atoms in total. The average Bonchev–Trinajstić information content (AvgIpc) is 2.72. The van der Waals surface area contributed by atoms with Crippen LogP contribution >= 0.6 is 11.8 Å². The number of aromatic nitrogens is 1. The van der Waals surface area contributed by atoms with Crippen molar-refractivity contribution >= 4 is 24.0 Å². The van der Waals surface area contributed by atoms with Crippen LogP contribution in [0, 0.1) is 13.8 Å². The second kappa shape index (κ2) is 7.98. The lowest BCUT2D eigenvalue weighted by molar-refractivity contribution is -0.141. The Hall–Kier alpha value is -3.33. The van der Waals surface area contributed by atoms with E-state index in [0.717, 1.165) is 32.0 Å². The number of fused-ring (bicyclic) bond motifs is 2. The summed E-state index contributed by atoms with van der Waals surface area (Å²) in [6.07, 6.45) is -4.97. The van der Waals surface area contributed by atoms with Crippen LogP contribution in [0.4, 0.5) is 13.2 Å². The topological polar surface area (TPSA) is 79.0 Å². The summed E-state index contributed by atoms with van der Waals surface area (Å²) < 4.78 is 39.3. The molecule has 3 aromatic rings. The quantitative estimate of drug-likeness (QED) is 0.553. The van der Waals surface area contributed by atoms with E-state index in [1.807, 2.05) is 50.2 Å². The van der Waals surface area contributed by atoms with Crippen LogP contribution in [0.2, 0.25) is 0 Å². The van der Waals surface area contributed by atoms with Gasteiger partial charge in [-0.1, -0.05) is 36.0 Å². The Morgan fingerprint density at radius 2 is 1.59 bits per heavy atom. The summed E-state index contributed by atoms with van der Waals surface area (Å²) in [5.41, 5.74) is -0.397. The second-order valence-electron chi connectivity index (χ2n) is 7.55. The summed E-state index contributed by atoms with van der Waals surface area (Å²) in [7, 11) is 0. The fraction of sp³-hybridized carbons (Fsp3) is 0.174. The van der Waals surface area contributed by atoms with Crippen LogP contribution < -0.4 is 10.9 Å². The molecule has 0 aliphatic carbocycles. The first kappa shape index (κ1) is 21.9. The van der Waals surface area contributed by atoms with E-state index in [0.29, 0.717) is 6.07 Å². The van der Waals surface area contributed by atoms with Gasteiger partial charge in [0.25, 0.3) is 11.5 Å². The number of pyridine rings is 1. The van der Waals surface area contributed by atoms with E-state index in [-0.39, 0.29) is 6.29 Å². The Bertz CT molecular complexity index is 1260. The number of halogens is 3. The number of H-pyrrole nitrogens is 1. The Morgan fingerprint density at radius 1 is 1.03 bits per heavy atom. The molecule has 1 aliphatic heterocycles. The molecular weight excluding hydrogens is 441 g/mol. The number of aromatic amines is 1. The molecule has 2 aromatic carbocycles. The standard InChI is InChI=1S/C23H17F3N2O3S/c1-11-3-5-14-17(7-11)32-18-8-12(2)4-6-15(18)19(14)27-21(30)16-9-13(10-29)20(23(24,25)26)28-22(16)31/h3-10,19H,1-2H3,(H,27,30)(H,28,31). The fourth-order valence-electron chi connectivity index (χ4n) is 3.63. The summed E-state index contributed by atoms with van der Waals surface area (Å²) in [5.74, 6) is -0.877. The molecule has 1 aromatic heterocycles. The summed E-state index contributed by atoms with van der Waals surface area (Å²) >= 11 is 1.56. The summed E-state index contributed by atoms with van der Waals surface area (Å²) in [4.78, 5) is 39.9. The van der Waals surface area contributed by atoms with Gasteiger partial charge in [-0.15, -0.1) is 0 Å². The first-order valence-corrected chi connectivity index (χ1v) is 10.4. The highest BCUT2D eigenvalue weighted by atomic mass is 32.2. The van der Waals surface area contributed by atoms with E-state index in [2.05, 4.69) is 5.32 Å². The molecule has 0 fully saturated rings. The number of amides is 1. The molecule has 0 spiro atoms. The summed E-state index contributed by atoms with van der Waals surface area (Å²) in [6, 6.07) is 11.6. The third-order valence-corrected chi connectivity index (χ3v) is 6.33. The Morgan fingerprint density at radius 3 is 2.09 bits per heavy atom. The predicted octanol–water partition coefficient (Wildman–Crippen LogP) is 4.81. The van der Waals surface area contributed by atoms with Gasteiger partial charge in [0.1, 0.15) is 11.3 Å². The number of alkyl halides is 3. The molecule has 164 valence electrons. The van der Waals surface area contributed by atoms with Gasteiger partial charge in [-0.3, -0.25) is 14.4 Å². The molecule has 0 radical (unpaired) electrons. The van der Waals surface area contributed by atoms with Crippen LogP contribution in [0.5, 0.6) is 0 Å². The molecule has 9 heteroatoms. The first-order chi connectivity index (χ1) is 15.1. The minimum Gasteiger partial charge on any atom is -0.341 e. The third kappa shape index (κ3) is 3.95. The maximum absolute atomic E-state index is 13.1. The molecule has 0 bridgehead atoms. The number of carbonyl (C=O) groups is 2. The van der Waals surface area contributed by atoms with Crippen LogP contribution in [0.25, 0.3) is 0 Å². The van der Waals surface area contributed by atoms with Gasteiger partial charge in [0.15, 0.2) is 6.29 Å². The number of aryl methyl sites for hydroxylation is 2. The number of benzene rings is 2. The number of hydrogen-bond donors (Lipinski definition) is 2. The monoisotopic (exact) mass is 458 g/mol. The summed E-state index contributed by atoms with van der Waals surface area (Å²) in [6.45, 7) is 3.89. The molecule has 32 heavy (non-hydrogen) atoms. The minimum absolute atomic E-state index is 0.0387. The van der Waals surface area contributed by atoms with E-state index in [1.54, 1.807) is 16.7 Å². The number of rotatable bonds is 3. The van der Waals surface area contributed by atoms with Gasteiger partial charge in [-0.2, -0.15) is 13.2 Å². The van der Waals surface area contributed by atoms with E-state index in [4.69, 9.17) is 0 Å². The maximum atomic E-state index is 13.1. The fourth-order valence-corrected chi connectivity index (χ4v) is 4.96. The zero-order valence-corrected chi connectivity index (χ0v) is 17.8. The van der Waals surface area contributed by atoms with Crippen LogP contribution in [-0.4, -0.2) is 17.2 Å². The van der Waals surface area contributed by atoms with Crippen molar-refractivity contribution in [1.82, 2.24) is 10.3 Å². The van der Waals surface area contributed by atoms with Crippen molar-refractivity contribution < 1.29 is 22.8 Å². The van der Waals surface area contributed by atoms with Gasteiger partial charge in [0, 0.05) is 15.4 Å². The second-order valence-corrected chi connectivity index (χ2v) is 8.63. The number of aldehydes is 1. The molecule has 4 rings (SSSR count). The lowest BCUT2D eigenvalue weighted by Gasteiger charge is -2.29. The van der Waals surface area contributed by atoms with Gasteiger partial charge in [-0.05, 0) is 54.3 Å². The Labute approximate surface area is 185 Å². The number of carbonyl (C=O) groups excluding carboxylic acids is 2. The smallest absolute Gasteiger partial charge is 0.341 e. The van der Waals surface area contributed by atoms with E-state index < -0.39 is 40.5 Å². The normalized spacial score (nSPS) is 13.3. The van der Waals surface area contributed by atoms with Crippen LogP contribution in [0.3, 0.4) is 0 Å². The van der Waals surface area contributed by atoms with Gasteiger partial charge in [0.2, 0.25) is 0 Å². The molecule has 0 unspecified atom stereocenters. The van der Waals surface area contributed by atoms with Crippen molar-refractivity contribution in [3.63, 3.8) is 0 Å². The molecule has 0 saturated heterocycles. The van der Waals surface area contributed by atoms with Gasteiger partial charge >= 0.3 is 6.18 Å². The van der Waals surface area contributed by atoms with Crippen LogP contribution in [0.15, 0.2) is 57.1 Å². The third-order valence-electron chi connectivity index (χ3n) is 5.18. The van der Waals surface area contributed by atoms with Crippen molar-refractivity contribution in [2.75, 3.05) is 0 Å². The molecule has 0 atom stereocenters. The summed E-state index contributed by atoms with van der Waals surface area (Å²) in [5, 5.41) is 2.77. The van der Waals surface area contributed by atoms with E-state index >= 15 is 0 Å². The molecule has 0 saturated carbocycles. The Kier molecular flexibility index (Phi) is 5.46. The van der Waals surface area contributed by atoms with Crippen LogP contribution in [0.1, 0.15) is 54.7 Å². The highest BCUT2D eigenvalue weighted by Crippen LogP contribution is 2.45. The highest BCUT2D eigenvalue weighted by molar-refractivity contribution is 7.99. The van der Waals surface area contributed by atoms with Crippen molar-refractivity contribution in [2.24, 2.45) is 0 Å². The van der Waals surface area contributed by atoms with Crippen molar-refractivity contribution in [1.29, 1.82) is 0 Å². The van der Waals surface area contributed by atoms with E-state index in [1.165, 1.54) is 0 Å². The van der Waals surface area contributed by atoms with Gasteiger partial charge in [0.05, 0.1) is 6.04 Å². The van der Waals surface area contributed by atoms with E-state index in [9.17, 15) is 27.6 Å². The zero-order valence-electron chi connectivity index (χ0n) is 17.0.